The fraction of sp³-hybridized carbons (Fsp3) is 0.727. The predicted molar refractivity (Wildman–Crippen MR) is 99.6 cm³/mol. The Bertz CT molecular complexity index is 754. The second-order valence-electron chi connectivity index (χ2n) is 9.72. The molecule has 27 heavy (non-hydrogen) atoms. The molecule has 0 spiro atoms. The third kappa shape index (κ3) is 2.28. The van der Waals surface area contributed by atoms with E-state index in [0.717, 1.165) is 18.4 Å². The van der Waals surface area contributed by atoms with Gasteiger partial charge in [0.25, 0.3) is 0 Å². The molecule has 0 aliphatic heterocycles. The lowest BCUT2D eigenvalue weighted by Gasteiger charge is -2.60. The zero-order valence-electron chi connectivity index (χ0n) is 16.3. The van der Waals surface area contributed by atoms with Crippen LogP contribution in [0.4, 0.5) is 0 Å². The Morgan fingerprint density at radius 2 is 2.04 bits per heavy atom. The normalized spacial score (nSPS) is 51.3. The lowest BCUT2D eigenvalue weighted by atomic mass is 9.45. The van der Waals surface area contributed by atoms with Crippen molar-refractivity contribution in [3.05, 3.63) is 23.8 Å². The average Bonchev–Trinajstić information content (AvgIpc) is 2.87. The number of hydrogen-bond acceptors (Lipinski definition) is 5. The van der Waals surface area contributed by atoms with Gasteiger partial charge in [0.05, 0.1) is 6.10 Å². The van der Waals surface area contributed by atoms with Crippen molar-refractivity contribution in [2.75, 3.05) is 6.61 Å². The molecule has 0 aromatic carbocycles. The maximum atomic E-state index is 12.4. The molecule has 0 heterocycles. The second kappa shape index (κ2) is 5.85. The SMILES string of the molecule is C[C@H]1C[C@@H]2C(C(O)C[C@@]3(C)[C@H]2CC[C@]3(O)C(=O)CO)[C@@]2(C)C=CC(=O)C=C12. The Balaban J connectivity index is 1.78. The zero-order chi connectivity index (χ0) is 19.8. The Morgan fingerprint density at radius 3 is 2.70 bits per heavy atom. The molecule has 0 saturated heterocycles. The van der Waals surface area contributed by atoms with E-state index in [4.69, 9.17) is 0 Å². The maximum absolute atomic E-state index is 12.4. The number of aliphatic hydroxyl groups is 3. The van der Waals surface area contributed by atoms with Gasteiger partial charge in [-0.05, 0) is 55.6 Å². The summed E-state index contributed by atoms with van der Waals surface area (Å²) in [6.45, 7) is 5.48. The molecule has 0 amide bonds. The highest BCUT2D eigenvalue weighted by atomic mass is 16.3. The Labute approximate surface area is 160 Å². The number of fused-ring (bicyclic) bond motifs is 5. The van der Waals surface area contributed by atoms with E-state index in [1.165, 1.54) is 0 Å². The van der Waals surface area contributed by atoms with Gasteiger partial charge in [-0.15, -0.1) is 0 Å². The van der Waals surface area contributed by atoms with Gasteiger partial charge in [0.2, 0.25) is 0 Å². The molecule has 4 aliphatic carbocycles. The number of aliphatic hydroxyl groups excluding tert-OH is 2. The summed E-state index contributed by atoms with van der Waals surface area (Å²) in [7, 11) is 0. The number of carbonyl (C=O) groups is 2. The Hall–Kier alpha value is -1.30. The van der Waals surface area contributed by atoms with E-state index in [0.29, 0.717) is 12.8 Å². The third-order valence-electron chi connectivity index (χ3n) is 8.57. The summed E-state index contributed by atoms with van der Waals surface area (Å²) >= 11 is 0. The van der Waals surface area contributed by atoms with Crippen LogP contribution in [0.3, 0.4) is 0 Å². The van der Waals surface area contributed by atoms with Crippen molar-refractivity contribution < 1.29 is 24.9 Å². The van der Waals surface area contributed by atoms with Crippen LogP contribution < -0.4 is 0 Å². The van der Waals surface area contributed by atoms with Crippen molar-refractivity contribution in [1.82, 2.24) is 0 Å². The molecular formula is C22H30O5. The van der Waals surface area contributed by atoms with Gasteiger partial charge >= 0.3 is 0 Å². The lowest BCUT2D eigenvalue weighted by Crippen LogP contribution is -2.62. The van der Waals surface area contributed by atoms with Crippen molar-refractivity contribution >= 4 is 11.6 Å². The Morgan fingerprint density at radius 1 is 1.33 bits per heavy atom. The van der Waals surface area contributed by atoms with Crippen LogP contribution in [0, 0.1) is 34.5 Å². The topological polar surface area (TPSA) is 94.8 Å². The molecule has 0 aromatic rings. The van der Waals surface area contributed by atoms with Crippen molar-refractivity contribution in [2.45, 2.75) is 58.2 Å². The molecule has 0 bridgehead atoms. The molecule has 3 N–H and O–H groups in total. The number of Topliss-reactive ketones (excluding diaryl/α,β-unsaturated/α-hetero) is 1. The Kier molecular flexibility index (Phi) is 4.12. The molecule has 3 fully saturated rings. The summed E-state index contributed by atoms with van der Waals surface area (Å²) in [6.07, 6.45) is 6.87. The fourth-order valence-corrected chi connectivity index (χ4v) is 7.34. The molecule has 5 heteroatoms. The summed E-state index contributed by atoms with van der Waals surface area (Å²) in [6, 6.07) is 0. The summed E-state index contributed by atoms with van der Waals surface area (Å²) < 4.78 is 0. The van der Waals surface area contributed by atoms with E-state index in [9.17, 15) is 24.9 Å². The average molecular weight is 374 g/mol. The number of hydrogen-bond donors (Lipinski definition) is 3. The molecule has 8 atom stereocenters. The molecular weight excluding hydrogens is 344 g/mol. The first kappa shape index (κ1) is 19.0. The number of allylic oxidation sites excluding steroid dienone is 4. The van der Waals surface area contributed by atoms with E-state index in [2.05, 4.69) is 13.8 Å². The van der Waals surface area contributed by atoms with E-state index in [1.54, 1.807) is 12.2 Å². The third-order valence-corrected chi connectivity index (χ3v) is 8.57. The van der Waals surface area contributed by atoms with Crippen LogP contribution in [-0.2, 0) is 9.59 Å². The van der Waals surface area contributed by atoms with Gasteiger partial charge < -0.3 is 15.3 Å². The van der Waals surface area contributed by atoms with Crippen LogP contribution in [0.15, 0.2) is 23.8 Å². The van der Waals surface area contributed by atoms with Gasteiger partial charge in [-0.3, -0.25) is 9.59 Å². The molecule has 2 unspecified atom stereocenters. The first-order valence-corrected chi connectivity index (χ1v) is 10.1. The van der Waals surface area contributed by atoms with E-state index < -0.39 is 29.5 Å². The molecule has 0 aromatic heterocycles. The molecule has 148 valence electrons. The lowest BCUT2D eigenvalue weighted by molar-refractivity contribution is -0.180. The number of carbonyl (C=O) groups excluding carboxylic acids is 2. The number of rotatable bonds is 2. The summed E-state index contributed by atoms with van der Waals surface area (Å²) in [5.74, 6) is -0.0768. The van der Waals surface area contributed by atoms with Crippen LogP contribution >= 0.6 is 0 Å². The first-order chi connectivity index (χ1) is 12.6. The standard InChI is InChI=1S/C22H30O5/c1-12-8-14-15-5-7-22(27,18(26)11-23)21(15,3)10-17(25)19(14)20(2)6-4-13(24)9-16(12)20/h4,6,9,12,14-15,17,19,23,25,27H,5,7-8,10-11H2,1-3H3/t12-,14-,15-,17?,19?,20-,21-,22-/m0/s1. The van der Waals surface area contributed by atoms with Gasteiger partial charge in [0.15, 0.2) is 11.6 Å². The highest BCUT2D eigenvalue weighted by Crippen LogP contribution is 2.67. The van der Waals surface area contributed by atoms with Gasteiger partial charge in [0, 0.05) is 16.7 Å². The minimum Gasteiger partial charge on any atom is -0.393 e. The summed E-state index contributed by atoms with van der Waals surface area (Å²) in [5.41, 5.74) is -1.59. The first-order valence-electron chi connectivity index (χ1n) is 10.1. The van der Waals surface area contributed by atoms with Crippen molar-refractivity contribution in [1.29, 1.82) is 0 Å². The van der Waals surface area contributed by atoms with Gasteiger partial charge in [0.1, 0.15) is 12.2 Å². The fourth-order valence-electron chi connectivity index (χ4n) is 7.34. The van der Waals surface area contributed by atoms with Crippen molar-refractivity contribution in [2.24, 2.45) is 34.5 Å². The van der Waals surface area contributed by atoms with E-state index in [-0.39, 0.29) is 34.9 Å². The maximum Gasteiger partial charge on any atom is 0.190 e. The highest BCUT2D eigenvalue weighted by molar-refractivity contribution is 6.01. The van der Waals surface area contributed by atoms with E-state index in [1.807, 2.05) is 13.0 Å². The zero-order valence-corrected chi connectivity index (χ0v) is 16.3. The van der Waals surface area contributed by atoms with E-state index >= 15 is 0 Å². The minimum absolute atomic E-state index is 0.00620. The minimum atomic E-state index is -1.57. The summed E-state index contributed by atoms with van der Waals surface area (Å²) in [5, 5.41) is 31.9. The van der Waals surface area contributed by atoms with Crippen LogP contribution in [0.2, 0.25) is 0 Å². The van der Waals surface area contributed by atoms with Crippen LogP contribution in [0.5, 0.6) is 0 Å². The highest BCUT2D eigenvalue weighted by Gasteiger charge is 2.68. The van der Waals surface area contributed by atoms with Crippen molar-refractivity contribution in [3.63, 3.8) is 0 Å². The van der Waals surface area contributed by atoms with Gasteiger partial charge in [-0.25, -0.2) is 0 Å². The molecule has 0 radical (unpaired) electrons. The predicted octanol–water partition coefficient (Wildman–Crippen LogP) is 1.80. The van der Waals surface area contributed by atoms with Crippen LogP contribution in [-0.4, -0.2) is 45.2 Å². The number of ketones is 2. The smallest absolute Gasteiger partial charge is 0.190 e. The quantitative estimate of drug-likeness (QED) is 0.685. The largest absolute Gasteiger partial charge is 0.393 e. The van der Waals surface area contributed by atoms with Crippen molar-refractivity contribution in [3.8, 4) is 0 Å². The van der Waals surface area contributed by atoms with Crippen LogP contribution in [0.25, 0.3) is 0 Å². The van der Waals surface area contributed by atoms with Gasteiger partial charge in [-0.2, -0.15) is 0 Å². The molecule has 3 saturated carbocycles. The molecule has 5 nitrogen and oxygen atoms in total. The monoisotopic (exact) mass is 374 g/mol. The second-order valence-corrected chi connectivity index (χ2v) is 9.72. The molecule has 4 rings (SSSR count). The summed E-state index contributed by atoms with van der Waals surface area (Å²) in [4.78, 5) is 24.4. The molecule has 4 aliphatic rings. The van der Waals surface area contributed by atoms with Crippen LogP contribution in [0.1, 0.15) is 46.5 Å². The van der Waals surface area contributed by atoms with Gasteiger partial charge in [-0.1, -0.05) is 32.4 Å².